The van der Waals surface area contributed by atoms with Crippen molar-refractivity contribution in [1.29, 1.82) is 0 Å². The molecule has 0 aromatic heterocycles. The van der Waals surface area contributed by atoms with Gasteiger partial charge in [-0.05, 0) is 42.4 Å². The molecule has 1 heterocycles. The molecule has 1 aromatic rings. The third-order valence-electron chi connectivity index (χ3n) is 5.88. The molecule has 0 radical (unpaired) electrons. The summed E-state index contributed by atoms with van der Waals surface area (Å²) in [4.78, 5) is 25.8. The molecule has 1 amide bonds. The van der Waals surface area contributed by atoms with E-state index in [9.17, 15) is 14.7 Å². The van der Waals surface area contributed by atoms with Gasteiger partial charge in [0, 0.05) is 13.0 Å². The number of hydrogen-bond acceptors (Lipinski definition) is 4. The van der Waals surface area contributed by atoms with Gasteiger partial charge in [0.1, 0.15) is 0 Å². The van der Waals surface area contributed by atoms with E-state index in [0.29, 0.717) is 18.5 Å². The van der Waals surface area contributed by atoms with E-state index in [-0.39, 0.29) is 23.3 Å². The standard InChI is InChI=1S/C24H35NO4/c1-5-6-16-24(2,3)21(26)13-11-20-12-14-22(27)25(20)17-15-18-7-9-19(10-8-18)23(28)29-4/h7-11,13,20-21,26H,5-6,12,14-17H2,1-4H3. The first-order valence-electron chi connectivity index (χ1n) is 10.6. The minimum Gasteiger partial charge on any atom is -0.465 e. The highest BCUT2D eigenvalue weighted by Crippen LogP contribution is 2.29. The van der Waals surface area contributed by atoms with Crippen LogP contribution in [0.5, 0.6) is 0 Å². The van der Waals surface area contributed by atoms with Gasteiger partial charge in [-0.15, -0.1) is 0 Å². The van der Waals surface area contributed by atoms with Crippen LogP contribution in [0.25, 0.3) is 0 Å². The Bertz CT molecular complexity index is 708. The predicted octanol–water partition coefficient (Wildman–Crippen LogP) is 4.14. The van der Waals surface area contributed by atoms with Gasteiger partial charge >= 0.3 is 5.97 Å². The van der Waals surface area contributed by atoms with Crippen LogP contribution in [-0.2, 0) is 16.0 Å². The molecule has 2 unspecified atom stereocenters. The second kappa shape index (κ2) is 10.6. The first-order chi connectivity index (χ1) is 13.8. The molecule has 1 fully saturated rings. The van der Waals surface area contributed by atoms with Crippen LogP contribution in [0.2, 0.25) is 0 Å². The number of aliphatic hydroxyl groups excluding tert-OH is 1. The number of unbranched alkanes of at least 4 members (excludes halogenated alkanes) is 1. The third-order valence-corrected chi connectivity index (χ3v) is 5.88. The van der Waals surface area contributed by atoms with Crippen LogP contribution in [0.4, 0.5) is 0 Å². The van der Waals surface area contributed by atoms with Crippen LogP contribution >= 0.6 is 0 Å². The number of carbonyl (C=O) groups excluding carboxylic acids is 2. The van der Waals surface area contributed by atoms with Gasteiger partial charge in [0.2, 0.25) is 5.91 Å². The van der Waals surface area contributed by atoms with Crippen LogP contribution in [-0.4, -0.2) is 47.7 Å². The molecule has 5 nitrogen and oxygen atoms in total. The fourth-order valence-corrected chi connectivity index (χ4v) is 3.70. The van der Waals surface area contributed by atoms with Crippen molar-refractivity contribution in [3.05, 3.63) is 47.5 Å². The second-order valence-corrected chi connectivity index (χ2v) is 8.55. The number of nitrogens with zero attached hydrogens (tertiary/aromatic N) is 1. The molecule has 160 valence electrons. The molecule has 2 atom stereocenters. The zero-order valence-corrected chi connectivity index (χ0v) is 18.2. The number of esters is 1. The highest BCUT2D eigenvalue weighted by molar-refractivity contribution is 5.89. The number of hydrogen-bond donors (Lipinski definition) is 1. The lowest BCUT2D eigenvalue weighted by atomic mass is 9.81. The molecule has 1 aliphatic rings. The Balaban J connectivity index is 1.95. The Morgan fingerprint density at radius 3 is 2.66 bits per heavy atom. The number of rotatable bonds is 10. The zero-order valence-electron chi connectivity index (χ0n) is 18.2. The summed E-state index contributed by atoms with van der Waals surface area (Å²) < 4.78 is 4.72. The second-order valence-electron chi connectivity index (χ2n) is 8.55. The molecule has 1 N–H and O–H groups in total. The lowest BCUT2D eigenvalue weighted by Gasteiger charge is -2.29. The van der Waals surface area contributed by atoms with Gasteiger partial charge in [0.15, 0.2) is 0 Å². The molecule has 1 aliphatic heterocycles. The molecular formula is C24H35NO4. The van der Waals surface area contributed by atoms with Gasteiger partial charge in [-0.25, -0.2) is 4.79 Å². The SMILES string of the molecule is CCCCC(C)(C)C(O)C=CC1CCC(=O)N1CCc1ccc(C(=O)OC)cc1. The molecule has 29 heavy (non-hydrogen) atoms. The molecule has 0 bridgehead atoms. The maximum absolute atomic E-state index is 12.3. The number of likely N-dealkylation sites (tertiary alicyclic amines) is 1. The van der Waals surface area contributed by atoms with Crippen molar-refractivity contribution < 1.29 is 19.4 Å². The summed E-state index contributed by atoms with van der Waals surface area (Å²) >= 11 is 0. The number of methoxy groups -OCH3 is 1. The summed E-state index contributed by atoms with van der Waals surface area (Å²) in [6.45, 7) is 6.96. The van der Waals surface area contributed by atoms with E-state index < -0.39 is 6.10 Å². The fraction of sp³-hybridized carbons (Fsp3) is 0.583. The topological polar surface area (TPSA) is 66.8 Å². The minimum atomic E-state index is -0.516. The van der Waals surface area contributed by atoms with Crippen molar-refractivity contribution in [2.75, 3.05) is 13.7 Å². The normalized spacial score (nSPS) is 18.4. The van der Waals surface area contributed by atoms with Crippen LogP contribution < -0.4 is 0 Å². The molecule has 2 rings (SSSR count). The maximum atomic E-state index is 12.3. The average Bonchev–Trinajstić information content (AvgIpc) is 3.08. The van der Waals surface area contributed by atoms with E-state index in [0.717, 1.165) is 37.7 Å². The Kier molecular flexibility index (Phi) is 8.45. The monoisotopic (exact) mass is 401 g/mol. The van der Waals surface area contributed by atoms with Crippen LogP contribution in [0.15, 0.2) is 36.4 Å². The van der Waals surface area contributed by atoms with E-state index in [1.807, 2.05) is 29.2 Å². The summed E-state index contributed by atoms with van der Waals surface area (Å²) in [5.41, 5.74) is 1.43. The van der Waals surface area contributed by atoms with Gasteiger partial charge in [-0.3, -0.25) is 4.79 Å². The number of benzene rings is 1. The molecular weight excluding hydrogens is 366 g/mol. The quantitative estimate of drug-likeness (QED) is 0.473. The van der Waals surface area contributed by atoms with E-state index in [2.05, 4.69) is 20.8 Å². The van der Waals surface area contributed by atoms with E-state index in [1.165, 1.54) is 7.11 Å². The Morgan fingerprint density at radius 1 is 1.34 bits per heavy atom. The van der Waals surface area contributed by atoms with E-state index >= 15 is 0 Å². The maximum Gasteiger partial charge on any atom is 0.337 e. The van der Waals surface area contributed by atoms with E-state index in [1.54, 1.807) is 12.1 Å². The predicted molar refractivity (Wildman–Crippen MR) is 115 cm³/mol. The van der Waals surface area contributed by atoms with Crippen LogP contribution in [0.3, 0.4) is 0 Å². The first-order valence-corrected chi connectivity index (χ1v) is 10.6. The van der Waals surface area contributed by atoms with Gasteiger partial charge in [-0.2, -0.15) is 0 Å². The molecule has 5 heteroatoms. The summed E-state index contributed by atoms with van der Waals surface area (Å²) in [5.74, 6) is -0.192. The Labute approximate surface area is 174 Å². The Hall–Kier alpha value is -2.14. The number of aliphatic hydroxyl groups is 1. The summed E-state index contributed by atoms with van der Waals surface area (Å²) in [7, 11) is 1.37. The highest BCUT2D eigenvalue weighted by atomic mass is 16.5. The number of amides is 1. The van der Waals surface area contributed by atoms with Crippen molar-refractivity contribution in [1.82, 2.24) is 4.90 Å². The number of carbonyl (C=O) groups is 2. The smallest absolute Gasteiger partial charge is 0.337 e. The lowest BCUT2D eigenvalue weighted by molar-refractivity contribution is -0.128. The minimum absolute atomic E-state index is 0.0356. The van der Waals surface area contributed by atoms with Crippen LogP contribution in [0, 0.1) is 5.41 Å². The first kappa shape index (κ1) is 23.1. The van der Waals surface area contributed by atoms with Crippen molar-refractivity contribution in [3.8, 4) is 0 Å². The van der Waals surface area contributed by atoms with Gasteiger partial charge < -0.3 is 14.7 Å². The fourth-order valence-electron chi connectivity index (χ4n) is 3.70. The largest absolute Gasteiger partial charge is 0.465 e. The summed E-state index contributed by atoms with van der Waals surface area (Å²) in [6.07, 6.45) is 8.61. The zero-order chi connectivity index (χ0) is 21.4. The van der Waals surface area contributed by atoms with Crippen molar-refractivity contribution >= 4 is 11.9 Å². The summed E-state index contributed by atoms with van der Waals surface area (Å²) in [5, 5.41) is 10.6. The number of ether oxygens (including phenoxy) is 1. The molecule has 0 aliphatic carbocycles. The van der Waals surface area contributed by atoms with Gasteiger partial charge in [0.25, 0.3) is 0 Å². The molecule has 1 saturated heterocycles. The molecule has 0 spiro atoms. The van der Waals surface area contributed by atoms with E-state index in [4.69, 9.17) is 4.74 Å². The third kappa shape index (κ3) is 6.43. The van der Waals surface area contributed by atoms with Crippen molar-refractivity contribution in [3.63, 3.8) is 0 Å². The highest BCUT2D eigenvalue weighted by Gasteiger charge is 2.30. The summed E-state index contributed by atoms with van der Waals surface area (Å²) in [6, 6.07) is 7.33. The van der Waals surface area contributed by atoms with Crippen molar-refractivity contribution in [2.24, 2.45) is 5.41 Å². The van der Waals surface area contributed by atoms with Crippen LogP contribution in [0.1, 0.15) is 68.8 Å². The van der Waals surface area contributed by atoms with Crippen molar-refractivity contribution in [2.45, 2.75) is 71.4 Å². The van der Waals surface area contributed by atoms with Gasteiger partial charge in [-0.1, -0.05) is 57.9 Å². The van der Waals surface area contributed by atoms with Gasteiger partial charge in [0.05, 0.1) is 24.8 Å². The average molecular weight is 402 g/mol. The molecule has 0 saturated carbocycles. The molecule has 1 aromatic carbocycles. The Morgan fingerprint density at radius 2 is 2.03 bits per heavy atom. The lowest BCUT2D eigenvalue weighted by Crippen LogP contribution is -2.34.